The molecule has 0 aliphatic carbocycles. The third-order valence-corrected chi connectivity index (χ3v) is 4.48. The van der Waals surface area contributed by atoms with E-state index in [4.69, 9.17) is 5.11 Å². The molecule has 0 aromatic carbocycles. The molecule has 0 spiro atoms. The van der Waals surface area contributed by atoms with Gasteiger partial charge in [0, 0.05) is 12.5 Å². The standard InChI is InChI=1S/C9H17NO4S/c1-10(5-2-3-9(11)12)8-4-6-15(13,14)7-8/h8H,2-7H2,1H3,(H,11,12). The van der Waals surface area contributed by atoms with Crippen molar-refractivity contribution < 1.29 is 18.3 Å². The lowest BCUT2D eigenvalue weighted by molar-refractivity contribution is -0.137. The van der Waals surface area contributed by atoms with Crippen molar-refractivity contribution in [3.63, 3.8) is 0 Å². The van der Waals surface area contributed by atoms with Gasteiger partial charge >= 0.3 is 5.97 Å². The Balaban J connectivity index is 2.29. The van der Waals surface area contributed by atoms with Crippen LogP contribution in [0.4, 0.5) is 0 Å². The molecule has 0 aromatic heterocycles. The molecule has 1 heterocycles. The summed E-state index contributed by atoms with van der Waals surface area (Å²) in [6.07, 6.45) is 1.39. The molecular formula is C9H17NO4S. The van der Waals surface area contributed by atoms with Crippen molar-refractivity contribution in [3.8, 4) is 0 Å². The Morgan fingerprint density at radius 1 is 1.53 bits per heavy atom. The van der Waals surface area contributed by atoms with Crippen molar-refractivity contribution in [1.82, 2.24) is 4.90 Å². The molecule has 1 aliphatic heterocycles. The lowest BCUT2D eigenvalue weighted by atomic mass is 10.2. The first-order valence-electron chi connectivity index (χ1n) is 5.03. The Hall–Kier alpha value is -0.620. The lowest BCUT2D eigenvalue weighted by Crippen LogP contribution is -2.33. The highest BCUT2D eigenvalue weighted by molar-refractivity contribution is 7.91. The predicted octanol–water partition coefficient (Wildman–Crippen LogP) is -0.0299. The van der Waals surface area contributed by atoms with Crippen molar-refractivity contribution in [1.29, 1.82) is 0 Å². The number of carbonyl (C=O) groups is 1. The average Bonchev–Trinajstić information content (AvgIpc) is 2.45. The minimum atomic E-state index is -2.84. The first kappa shape index (κ1) is 12.4. The van der Waals surface area contributed by atoms with Gasteiger partial charge in [0.1, 0.15) is 0 Å². The van der Waals surface area contributed by atoms with Gasteiger partial charge in [-0.15, -0.1) is 0 Å². The summed E-state index contributed by atoms with van der Waals surface area (Å²) in [6.45, 7) is 0.645. The summed E-state index contributed by atoms with van der Waals surface area (Å²) in [5.74, 6) is -0.320. The zero-order valence-electron chi connectivity index (χ0n) is 8.85. The summed E-state index contributed by atoms with van der Waals surface area (Å²) in [5.41, 5.74) is 0. The minimum Gasteiger partial charge on any atom is -0.481 e. The molecule has 1 aliphatic rings. The van der Waals surface area contributed by atoms with Gasteiger partial charge in [-0.2, -0.15) is 0 Å². The van der Waals surface area contributed by atoms with Crippen molar-refractivity contribution in [2.75, 3.05) is 25.1 Å². The van der Waals surface area contributed by atoms with E-state index in [0.29, 0.717) is 19.4 Å². The molecule has 1 atom stereocenters. The van der Waals surface area contributed by atoms with Crippen LogP contribution in [0, 0.1) is 0 Å². The predicted molar refractivity (Wildman–Crippen MR) is 56.6 cm³/mol. The molecule has 0 aromatic rings. The molecule has 0 radical (unpaired) electrons. The maximum atomic E-state index is 11.2. The SMILES string of the molecule is CN(CCCC(=O)O)C1CCS(=O)(=O)C1. The maximum Gasteiger partial charge on any atom is 0.303 e. The first-order valence-corrected chi connectivity index (χ1v) is 6.85. The normalized spacial score (nSPS) is 24.5. The zero-order valence-corrected chi connectivity index (χ0v) is 9.66. The number of hydrogen-bond acceptors (Lipinski definition) is 4. The summed E-state index contributed by atoms with van der Waals surface area (Å²) in [6, 6.07) is 0.0730. The molecule has 0 bridgehead atoms. The van der Waals surface area contributed by atoms with Crippen LogP contribution < -0.4 is 0 Å². The van der Waals surface area contributed by atoms with Crippen LogP contribution in [-0.4, -0.2) is 55.5 Å². The molecule has 0 amide bonds. The molecule has 88 valence electrons. The van der Waals surface area contributed by atoms with Crippen LogP contribution in [0.2, 0.25) is 0 Å². The van der Waals surface area contributed by atoms with E-state index in [1.54, 1.807) is 0 Å². The fourth-order valence-corrected chi connectivity index (χ4v) is 3.59. The van der Waals surface area contributed by atoms with E-state index in [-0.39, 0.29) is 24.0 Å². The first-order chi connectivity index (χ1) is 6.91. The Morgan fingerprint density at radius 3 is 2.67 bits per heavy atom. The molecule has 5 nitrogen and oxygen atoms in total. The van der Waals surface area contributed by atoms with E-state index < -0.39 is 15.8 Å². The number of rotatable bonds is 5. The molecule has 15 heavy (non-hydrogen) atoms. The summed E-state index contributed by atoms with van der Waals surface area (Å²) in [7, 11) is -0.985. The van der Waals surface area contributed by atoms with Crippen molar-refractivity contribution in [3.05, 3.63) is 0 Å². The van der Waals surface area contributed by atoms with E-state index in [2.05, 4.69) is 0 Å². The molecule has 1 rings (SSSR count). The maximum absolute atomic E-state index is 11.2. The number of sulfone groups is 1. The summed E-state index contributed by atoms with van der Waals surface area (Å²) in [4.78, 5) is 12.2. The van der Waals surface area contributed by atoms with Crippen molar-refractivity contribution in [2.45, 2.75) is 25.3 Å². The topological polar surface area (TPSA) is 74.7 Å². The van der Waals surface area contributed by atoms with Crippen LogP contribution in [0.5, 0.6) is 0 Å². The van der Waals surface area contributed by atoms with Crippen LogP contribution >= 0.6 is 0 Å². The third-order valence-electron chi connectivity index (χ3n) is 2.73. The Labute approximate surface area is 90.0 Å². The molecule has 0 saturated carbocycles. The highest BCUT2D eigenvalue weighted by Crippen LogP contribution is 2.16. The van der Waals surface area contributed by atoms with Gasteiger partial charge in [0.25, 0.3) is 0 Å². The highest BCUT2D eigenvalue weighted by Gasteiger charge is 2.30. The minimum absolute atomic E-state index is 0.0730. The second-order valence-electron chi connectivity index (χ2n) is 4.03. The van der Waals surface area contributed by atoms with E-state index >= 15 is 0 Å². The zero-order chi connectivity index (χ0) is 11.5. The summed E-state index contributed by atoms with van der Waals surface area (Å²) < 4.78 is 22.4. The van der Waals surface area contributed by atoms with Crippen LogP contribution in [0.25, 0.3) is 0 Å². The second-order valence-corrected chi connectivity index (χ2v) is 6.26. The van der Waals surface area contributed by atoms with Gasteiger partial charge in [0.05, 0.1) is 11.5 Å². The fourth-order valence-electron chi connectivity index (χ4n) is 1.79. The van der Waals surface area contributed by atoms with Gasteiger partial charge in [-0.25, -0.2) is 8.42 Å². The Kier molecular flexibility index (Phi) is 4.10. The molecule has 1 fully saturated rings. The van der Waals surface area contributed by atoms with Gasteiger partial charge < -0.3 is 10.0 Å². The molecular weight excluding hydrogens is 218 g/mol. The molecule has 1 saturated heterocycles. The van der Waals surface area contributed by atoms with E-state index in [1.165, 1.54) is 0 Å². The summed E-state index contributed by atoms with van der Waals surface area (Å²) >= 11 is 0. The smallest absolute Gasteiger partial charge is 0.303 e. The third kappa shape index (κ3) is 4.17. The van der Waals surface area contributed by atoms with Crippen LogP contribution in [0.3, 0.4) is 0 Å². The van der Waals surface area contributed by atoms with Gasteiger partial charge in [-0.3, -0.25) is 4.79 Å². The Bertz CT molecular complexity index is 325. The lowest BCUT2D eigenvalue weighted by Gasteiger charge is -2.22. The van der Waals surface area contributed by atoms with Gasteiger partial charge in [-0.1, -0.05) is 0 Å². The molecule has 6 heteroatoms. The van der Waals surface area contributed by atoms with Crippen molar-refractivity contribution in [2.24, 2.45) is 0 Å². The van der Waals surface area contributed by atoms with Crippen molar-refractivity contribution >= 4 is 15.8 Å². The highest BCUT2D eigenvalue weighted by atomic mass is 32.2. The van der Waals surface area contributed by atoms with Crippen LogP contribution in [-0.2, 0) is 14.6 Å². The number of carboxylic acids is 1. The number of carboxylic acid groups (broad SMARTS) is 1. The largest absolute Gasteiger partial charge is 0.481 e. The second kappa shape index (κ2) is 4.94. The van der Waals surface area contributed by atoms with Gasteiger partial charge in [0.15, 0.2) is 9.84 Å². The van der Waals surface area contributed by atoms with E-state index in [0.717, 1.165) is 0 Å². The quantitative estimate of drug-likeness (QED) is 0.724. The summed E-state index contributed by atoms with van der Waals surface area (Å²) in [5, 5.41) is 8.46. The monoisotopic (exact) mass is 235 g/mol. The number of hydrogen-bond donors (Lipinski definition) is 1. The fraction of sp³-hybridized carbons (Fsp3) is 0.889. The van der Waals surface area contributed by atoms with Crippen LogP contribution in [0.1, 0.15) is 19.3 Å². The number of aliphatic carboxylic acids is 1. The van der Waals surface area contributed by atoms with E-state index in [9.17, 15) is 13.2 Å². The van der Waals surface area contributed by atoms with Gasteiger partial charge in [-0.05, 0) is 26.4 Å². The Morgan fingerprint density at radius 2 is 2.20 bits per heavy atom. The van der Waals surface area contributed by atoms with E-state index in [1.807, 2.05) is 11.9 Å². The van der Waals surface area contributed by atoms with Crippen LogP contribution in [0.15, 0.2) is 0 Å². The number of nitrogens with zero attached hydrogens (tertiary/aromatic N) is 1. The van der Waals surface area contributed by atoms with Gasteiger partial charge in [0.2, 0.25) is 0 Å². The molecule has 1 unspecified atom stereocenters. The average molecular weight is 235 g/mol. The molecule has 1 N–H and O–H groups in total.